The monoisotopic (exact) mass is 405 g/mol. The number of thioether (sulfide) groups is 1. The molecule has 1 fully saturated rings. The molecule has 10 nitrogen and oxygen atoms in total. The number of nitro groups is 1. The molecule has 0 bridgehead atoms. The van der Waals surface area contributed by atoms with Gasteiger partial charge in [0.2, 0.25) is 0 Å². The molecule has 1 aromatic carbocycles. The number of rotatable bonds is 6. The molecule has 2 heterocycles. The molecule has 1 aromatic rings. The molecule has 11 heteroatoms. The van der Waals surface area contributed by atoms with E-state index in [1.165, 1.54) is 40.9 Å². The number of amidine groups is 1. The topological polar surface area (TPSA) is 125 Å². The Morgan fingerprint density at radius 3 is 2.61 bits per heavy atom. The van der Waals surface area contributed by atoms with Crippen molar-refractivity contribution < 1.29 is 19.3 Å². The summed E-state index contributed by atoms with van der Waals surface area (Å²) in [5, 5.41) is 13.6. The van der Waals surface area contributed by atoms with Gasteiger partial charge in [0, 0.05) is 31.3 Å². The first-order valence-electron chi connectivity index (χ1n) is 8.66. The molecule has 0 aromatic heterocycles. The van der Waals surface area contributed by atoms with Crippen molar-refractivity contribution in [2.45, 2.75) is 25.6 Å². The standard InChI is InChI=1S/C17H19N5O5S/c1-3-8-21-13-14(20(2)16(25)19-15(13)24)18-17(21)28-9-12(23)10-4-6-11(7-5-10)22(26)27/h4-7,13-14H,3,8-9H2,1-2H3,(H,19,24,25). The Balaban J connectivity index is 1.73. The number of urea groups is 1. The van der Waals surface area contributed by atoms with Crippen molar-refractivity contribution in [3.05, 3.63) is 39.9 Å². The lowest BCUT2D eigenvalue weighted by molar-refractivity contribution is -0.384. The van der Waals surface area contributed by atoms with Gasteiger partial charge in [0.05, 0.1) is 10.7 Å². The van der Waals surface area contributed by atoms with Crippen molar-refractivity contribution in [1.82, 2.24) is 15.1 Å². The Bertz CT molecular complexity index is 856. The van der Waals surface area contributed by atoms with Gasteiger partial charge in [-0.3, -0.25) is 25.0 Å². The minimum atomic E-state index is -0.621. The van der Waals surface area contributed by atoms with E-state index < -0.39 is 29.1 Å². The Labute approximate surface area is 165 Å². The minimum Gasteiger partial charge on any atom is -0.336 e. The zero-order valence-electron chi connectivity index (χ0n) is 15.3. The summed E-state index contributed by atoms with van der Waals surface area (Å²) in [6.45, 7) is 2.53. The number of aliphatic imine (C=N–C) groups is 1. The summed E-state index contributed by atoms with van der Waals surface area (Å²) in [6.07, 6.45) is 0.147. The van der Waals surface area contributed by atoms with E-state index in [4.69, 9.17) is 0 Å². The van der Waals surface area contributed by atoms with Crippen LogP contribution in [0.2, 0.25) is 0 Å². The van der Waals surface area contributed by atoms with Crippen molar-refractivity contribution in [3.63, 3.8) is 0 Å². The first-order valence-corrected chi connectivity index (χ1v) is 9.64. The average molecular weight is 405 g/mol. The van der Waals surface area contributed by atoms with Crippen LogP contribution in [0.1, 0.15) is 23.7 Å². The van der Waals surface area contributed by atoms with Crippen molar-refractivity contribution in [1.29, 1.82) is 0 Å². The third-order valence-electron chi connectivity index (χ3n) is 4.52. The molecule has 0 radical (unpaired) electrons. The predicted octanol–water partition coefficient (Wildman–Crippen LogP) is 1.47. The predicted molar refractivity (Wildman–Crippen MR) is 103 cm³/mol. The summed E-state index contributed by atoms with van der Waals surface area (Å²) in [7, 11) is 1.57. The van der Waals surface area contributed by atoms with Gasteiger partial charge < -0.3 is 9.80 Å². The first-order chi connectivity index (χ1) is 13.3. The van der Waals surface area contributed by atoms with Gasteiger partial charge in [-0.25, -0.2) is 9.79 Å². The number of ketones is 1. The number of nitrogens with zero attached hydrogens (tertiary/aromatic N) is 4. The lowest BCUT2D eigenvalue weighted by Crippen LogP contribution is -2.63. The highest BCUT2D eigenvalue weighted by atomic mass is 32.2. The quantitative estimate of drug-likeness (QED) is 0.431. The summed E-state index contributed by atoms with van der Waals surface area (Å²) in [5.41, 5.74) is 0.280. The lowest BCUT2D eigenvalue weighted by atomic mass is 10.1. The Kier molecular flexibility index (Phi) is 5.63. The number of carbonyl (C=O) groups is 3. The van der Waals surface area contributed by atoms with E-state index in [0.29, 0.717) is 17.3 Å². The Hall–Kier alpha value is -2.95. The van der Waals surface area contributed by atoms with Crippen LogP contribution >= 0.6 is 11.8 Å². The van der Waals surface area contributed by atoms with E-state index in [9.17, 15) is 24.5 Å². The third kappa shape index (κ3) is 3.70. The van der Waals surface area contributed by atoms with Crippen LogP contribution in [0, 0.1) is 10.1 Å². The second kappa shape index (κ2) is 7.97. The maximum absolute atomic E-state index is 12.4. The summed E-state index contributed by atoms with van der Waals surface area (Å²) in [6, 6.07) is 4.29. The van der Waals surface area contributed by atoms with E-state index in [0.717, 1.165) is 6.42 Å². The number of hydrogen-bond donors (Lipinski definition) is 1. The van der Waals surface area contributed by atoms with Gasteiger partial charge in [0.25, 0.3) is 11.6 Å². The highest BCUT2D eigenvalue weighted by molar-refractivity contribution is 8.14. The number of amides is 3. The largest absolute Gasteiger partial charge is 0.336 e. The zero-order valence-corrected chi connectivity index (χ0v) is 16.1. The fourth-order valence-electron chi connectivity index (χ4n) is 3.08. The summed E-state index contributed by atoms with van der Waals surface area (Å²) < 4.78 is 0. The molecular weight excluding hydrogens is 386 g/mol. The van der Waals surface area contributed by atoms with Gasteiger partial charge in [-0.1, -0.05) is 18.7 Å². The van der Waals surface area contributed by atoms with E-state index >= 15 is 0 Å². The molecule has 28 heavy (non-hydrogen) atoms. The van der Waals surface area contributed by atoms with Crippen LogP contribution in [-0.2, 0) is 4.79 Å². The van der Waals surface area contributed by atoms with Gasteiger partial charge in [-0.2, -0.15) is 0 Å². The van der Waals surface area contributed by atoms with Crippen molar-refractivity contribution in [2.75, 3.05) is 19.3 Å². The van der Waals surface area contributed by atoms with Crippen LogP contribution in [0.3, 0.4) is 0 Å². The normalized spacial score (nSPS) is 21.3. The second-order valence-corrected chi connectivity index (χ2v) is 7.33. The van der Waals surface area contributed by atoms with E-state index in [2.05, 4.69) is 10.3 Å². The first kappa shape index (κ1) is 19.8. The number of Topliss-reactive ketones (excluding diaryl/α,β-unsaturated/α-hetero) is 1. The molecule has 0 aliphatic carbocycles. The molecule has 3 rings (SSSR count). The minimum absolute atomic E-state index is 0.0651. The number of likely N-dealkylation sites (N-methyl/N-ethyl adjacent to an activating group) is 1. The molecular formula is C17H19N5O5S. The van der Waals surface area contributed by atoms with Gasteiger partial charge in [-0.15, -0.1) is 0 Å². The number of nitro benzene ring substituents is 1. The molecule has 2 unspecified atom stereocenters. The number of benzene rings is 1. The number of fused-ring (bicyclic) bond motifs is 1. The molecule has 148 valence electrons. The van der Waals surface area contributed by atoms with Crippen molar-refractivity contribution in [3.8, 4) is 0 Å². The molecule has 3 amide bonds. The number of imide groups is 1. The molecule has 1 saturated heterocycles. The fourth-order valence-corrected chi connectivity index (χ4v) is 4.06. The SMILES string of the molecule is CCCN1C(SCC(=O)c2ccc([N+](=O)[O-])cc2)=NC2C1C(=O)NC(=O)N2C. The molecule has 1 N–H and O–H groups in total. The van der Waals surface area contributed by atoms with Gasteiger partial charge in [-0.05, 0) is 18.6 Å². The van der Waals surface area contributed by atoms with Crippen LogP contribution in [0.4, 0.5) is 10.5 Å². The van der Waals surface area contributed by atoms with Gasteiger partial charge >= 0.3 is 6.03 Å². The number of non-ortho nitro benzene ring substituents is 1. The smallest absolute Gasteiger partial charge is 0.325 e. The number of carbonyl (C=O) groups excluding carboxylic acids is 3. The van der Waals surface area contributed by atoms with Gasteiger partial charge in [0.15, 0.2) is 23.2 Å². The Morgan fingerprint density at radius 1 is 1.32 bits per heavy atom. The second-order valence-electron chi connectivity index (χ2n) is 6.38. The Morgan fingerprint density at radius 2 is 2.00 bits per heavy atom. The van der Waals surface area contributed by atoms with E-state index in [1.54, 1.807) is 7.05 Å². The maximum atomic E-state index is 12.4. The maximum Gasteiger partial charge on any atom is 0.325 e. The zero-order chi connectivity index (χ0) is 20.4. The third-order valence-corrected chi connectivity index (χ3v) is 5.52. The van der Waals surface area contributed by atoms with E-state index in [-0.39, 0.29) is 17.2 Å². The molecule has 0 spiro atoms. The van der Waals surface area contributed by atoms with Gasteiger partial charge in [0.1, 0.15) is 0 Å². The highest BCUT2D eigenvalue weighted by Crippen LogP contribution is 2.29. The van der Waals surface area contributed by atoms with Crippen LogP contribution in [0.15, 0.2) is 29.3 Å². The summed E-state index contributed by atoms with van der Waals surface area (Å²) in [4.78, 5) is 54.5. The van der Waals surface area contributed by atoms with E-state index in [1.807, 2.05) is 11.8 Å². The highest BCUT2D eigenvalue weighted by Gasteiger charge is 2.48. The van der Waals surface area contributed by atoms with Crippen LogP contribution in [0.5, 0.6) is 0 Å². The fraction of sp³-hybridized carbons (Fsp3) is 0.412. The summed E-state index contributed by atoms with van der Waals surface area (Å²) in [5.74, 6) is -0.541. The van der Waals surface area contributed by atoms with Crippen molar-refractivity contribution >= 4 is 40.3 Å². The van der Waals surface area contributed by atoms with Crippen LogP contribution < -0.4 is 5.32 Å². The number of hydrogen-bond acceptors (Lipinski definition) is 8. The molecule has 2 aliphatic rings. The van der Waals surface area contributed by atoms with Crippen molar-refractivity contribution in [2.24, 2.45) is 4.99 Å². The molecule has 2 aliphatic heterocycles. The average Bonchev–Trinajstić information content (AvgIpc) is 3.03. The van der Waals surface area contributed by atoms with Crippen LogP contribution in [-0.4, -0.2) is 69.2 Å². The lowest BCUT2D eigenvalue weighted by Gasteiger charge is -2.36. The summed E-state index contributed by atoms with van der Waals surface area (Å²) >= 11 is 1.19. The van der Waals surface area contributed by atoms with Crippen LogP contribution in [0.25, 0.3) is 0 Å². The molecule has 0 saturated carbocycles. The number of nitrogens with one attached hydrogen (secondary N) is 1. The molecule has 2 atom stereocenters.